The van der Waals surface area contributed by atoms with E-state index in [9.17, 15) is 0 Å². The molecule has 0 amide bonds. The molecule has 0 spiro atoms. The van der Waals surface area contributed by atoms with Crippen LogP contribution in [0.1, 0.15) is 44.4 Å². The zero-order valence-electron chi connectivity index (χ0n) is 33.8. The van der Waals surface area contributed by atoms with Crippen molar-refractivity contribution < 1.29 is 20.1 Å². The Kier molecular flexibility index (Phi) is 11.4. The molecule has 0 saturated heterocycles. The standard InChI is InChI=1S/C34H25N2.C17H23N2Si.Ir/c1-34(2)29-13-7-6-12-27(29)28-22-25(18-21-30(28)34)33-35-31-14-8-9-15-32(31)36(33)26-19-16-24(17-20-26)23-10-4-3-5-11-23;1-13(2)10-15-11-16(14-6-8-18-9-7-14)19-12-17(15)20(3,4)5;/h3-17,19-22H,1-2H3;6,8-9,11-13H,10H2,1-5H3;/q2*-1;. The van der Waals surface area contributed by atoms with E-state index < -0.39 is 8.07 Å². The molecule has 9 rings (SSSR count). The summed E-state index contributed by atoms with van der Waals surface area (Å²) in [7, 11) is -1.35. The van der Waals surface area contributed by atoms with Crippen LogP contribution in [0, 0.1) is 18.1 Å². The minimum atomic E-state index is -1.35. The Morgan fingerprint density at radius 1 is 0.719 bits per heavy atom. The fourth-order valence-electron chi connectivity index (χ4n) is 8.07. The smallest absolute Gasteiger partial charge is 0.0798 e. The van der Waals surface area contributed by atoms with Crippen LogP contribution in [0.2, 0.25) is 19.6 Å². The summed E-state index contributed by atoms with van der Waals surface area (Å²) in [6.07, 6.45) is 6.70. The van der Waals surface area contributed by atoms with Gasteiger partial charge in [-0.05, 0) is 87.5 Å². The summed E-state index contributed by atoms with van der Waals surface area (Å²) in [5, 5.41) is 1.48. The summed E-state index contributed by atoms with van der Waals surface area (Å²) in [6.45, 7) is 16.3. The number of benzene rings is 5. The third-order valence-corrected chi connectivity index (χ3v) is 12.9. The predicted molar refractivity (Wildman–Crippen MR) is 236 cm³/mol. The largest absolute Gasteiger partial charge is 0.333 e. The second-order valence-electron chi connectivity index (χ2n) is 16.7. The van der Waals surface area contributed by atoms with Crippen LogP contribution in [0.4, 0.5) is 0 Å². The molecular weight excluding hydrogens is 889 g/mol. The van der Waals surface area contributed by atoms with Gasteiger partial charge in [-0.15, -0.1) is 35.4 Å². The summed E-state index contributed by atoms with van der Waals surface area (Å²) in [6, 6.07) is 51.8. The summed E-state index contributed by atoms with van der Waals surface area (Å²) in [5.41, 5.74) is 15.3. The molecule has 3 heterocycles. The van der Waals surface area contributed by atoms with Crippen LogP contribution in [0.15, 0.2) is 146 Å². The second kappa shape index (κ2) is 16.3. The van der Waals surface area contributed by atoms with Crippen molar-refractivity contribution in [2.75, 3.05) is 0 Å². The third kappa shape index (κ3) is 8.00. The predicted octanol–water partition coefficient (Wildman–Crippen LogP) is 12.2. The van der Waals surface area contributed by atoms with Gasteiger partial charge in [0.2, 0.25) is 0 Å². The molecule has 1 aliphatic carbocycles. The first-order valence-electron chi connectivity index (χ1n) is 19.6. The van der Waals surface area contributed by atoms with Crippen LogP contribution in [0.5, 0.6) is 0 Å². The van der Waals surface area contributed by atoms with Gasteiger partial charge < -0.3 is 9.55 Å². The molecule has 6 heteroatoms. The van der Waals surface area contributed by atoms with Crippen LogP contribution in [0.25, 0.3) is 61.6 Å². The second-order valence-corrected chi connectivity index (χ2v) is 21.8. The molecule has 4 nitrogen and oxygen atoms in total. The van der Waals surface area contributed by atoms with Crippen molar-refractivity contribution >= 4 is 24.3 Å². The maximum Gasteiger partial charge on any atom is 0.0798 e. The van der Waals surface area contributed by atoms with Crippen LogP contribution in [-0.2, 0) is 31.9 Å². The molecule has 3 aromatic heterocycles. The topological polar surface area (TPSA) is 43.6 Å². The SMILES string of the molecule is CC(C)Cc1cc(-c2[c-]cncc2)ncc1[Si](C)(C)C.CC1(C)c2c[c-]c(-c3nc4ccccc4n3-c3ccc(-c4ccccc4)cc3)cc2-c2ccccc21.[Ir]. The number of pyridine rings is 2. The Morgan fingerprint density at radius 3 is 2.14 bits per heavy atom. The maximum atomic E-state index is 5.09. The Morgan fingerprint density at radius 2 is 1.42 bits per heavy atom. The molecule has 0 unspecified atom stereocenters. The van der Waals surface area contributed by atoms with Gasteiger partial charge in [0.1, 0.15) is 0 Å². The van der Waals surface area contributed by atoms with E-state index in [1.807, 2.05) is 12.1 Å². The molecule has 287 valence electrons. The number of hydrogen-bond acceptors (Lipinski definition) is 3. The van der Waals surface area contributed by atoms with Crippen LogP contribution in [0.3, 0.4) is 0 Å². The number of imidazole rings is 1. The first-order chi connectivity index (χ1) is 27.0. The third-order valence-electron chi connectivity index (χ3n) is 10.9. The normalized spacial score (nSPS) is 12.7. The molecule has 1 aliphatic rings. The summed E-state index contributed by atoms with van der Waals surface area (Å²) in [5.74, 6) is 1.57. The first-order valence-corrected chi connectivity index (χ1v) is 23.1. The zero-order chi connectivity index (χ0) is 39.0. The molecule has 0 N–H and O–H groups in total. The first kappa shape index (κ1) is 40.0. The van der Waals surface area contributed by atoms with Crippen molar-refractivity contribution in [1.29, 1.82) is 0 Å². The molecule has 0 bridgehead atoms. The van der Waals surface area contributed by atoms with Gasteiger partial charge in [0.25, 0.3) is 0 Å². The van der Waals surface area contributed by atoms with Crippen LogP contribution < -0.4 is 5.19 Å². The Labute approximate surface area is 352 Å². The summed E-state index contributed by atoms with van der Waals surface area (Å²) < 4.78 is 2.26. The van der Waals surface area contributed by atoms with Gasteiger partial charge in [-0.1, -0.05) is 143 Å². The van der Waals surface area contributed by atoms with Gasteiger partial charge in [-0.3, -0.25) is 9.97 Å². The molecule has 1 radical (unpaired) electrons. The Bertz CT molecular complexity index is 2640. The minimum absolute atomic E-state index is 0. The monoisotopic (exact) mass is 937 g/mol. The van der Waals surface area contributed by atoms with E-state index in [0.29, 0.717) is 5.92 Å². The number of rotatable bonds is 7. The molecular formula is C51H48IrN4Si-2. The van der Waals surface area contributed by atoms with Gasteiger partial charge >= 0.3 is 0 Å². The number of nitrogens with zero attached hydrogens (tertiary/aromatic N) is 4. The number of aromatic nitrogens is 4. The van der Waals surface area contributed by atoms with Crippen molar-refractivity contribution in [3.63, 3.8) is 0 Å². The van der Waals surface area contributed by atoms with Crippen LogP contribution >= 0.6 is 0 Å². The molecule has 8 aromatic rings. The summed E-state index contributed by atoms with van der Waals surface area (Å²) in [4.78, 5) is 13.8. The van der Waals surface area contributed by atoms with E-state index in [1.54, 1.807) is 12.4 Å². The van der Waals surface area contributed by atoms with Crippen molar-refractivity contribution in [3.8, 4) is 50.6 Å². The molecule has 5 aromatic carbocycles. The van der Waals surface area contributed by atoms with Gasteiger partial charge in [-0.25, -0.2) is 0 Å². The van der Waals surface area contributed by atoms with Gasteiger partial charge in [-0.2, -0.15) is 11.6 Å². The Hall–Kier alpha value is -5.26. The fourth-order valence-corrected chi connectivity index (χ4v) is 9.66. The van der Waals surface area contributed by atoms with E-state index in [0.717, 1.165) is 45.8 Å². The summed E-state index contributed by atoms with van der Waals surface area (Å²) >= 11 is 0. The molecule has 57 heavy (non-hydrogen) atoms. The number of fused-ring (bicyclic) bond motifs is 4. The van der Waals surface area contributed by atoms with E-state index in [2.05, 4.69) is 195 Å². The van der Waals surface area contributed by atoms with Crippen molar-refractivity contribution in [1.82, 2.24) is 19.5 Å². The molecule has 0 atom stereocenters. The van der Waals surface area contributed by atoms with E-state index in [4.69, 9.17) is 4.98 Å². The van der Waals surface area contributed by atoms with Gasteiger partial charge in [0, 0.05) is 32.0 Å². The van der Waals surface area contributed by atoms with Crippen LogP contribution in [-0.4, -0.2) is 27.6 Å². The molecule has 0 saturated carbocycles. The van der Waals surface area contributed by atoms with E-state index in [1.165, 1.54) is 44.1 Å². The fraction of sp³-hybridized carbons (Fsp3) is 0.196. The number of para-hydroxylation sites is 2. The van der Waals surface area contributed by atoms with Crippen molar-refractivity contribution in [2.45, 2.75) is 59.2 Å². The average Bonchev–Trinajstić information content (AvgIpc) is 3.71. The zero-order valence-corrected chi connectivity index (χ0v) is 37.2. The number of hydrogen-bond donors (Lipinski definition) is 0. The van der Waals surface area contributed by atoms with E-state index in [-0.39, 0.29) is 25.5 Å². The van der Waals surface area contributed by atoms with Crippen molar-refractivity contribution in [3.05, 3.63) is 175 Å². The molecule has 0 fully saturated rings. The van der Waals surface area contributed by atoms with Gasteiger partial charge in [0.05, 0.1) is 24.9 Å². The Balaban J connectivity index is 0.000000202. The van der Waals surface area contributed by atoms with Crippen molar-refractivity contribution in [2.24, 2.45) is 5.92 Å². The minimum Gasteiger partial charge on any atom is -0.333 e. The molecule has 0 aliphatic heterocycles. The average molecular weight is 937 g/mol. The maximum absolute atomic E-state index is 5.09. The van der Waals surface area contributed by atoms with E-state index >= 15 is 0 Å². The quantitative estimate of drug-likeness (QED) is 0.118. The van der Waals surface area contributed by atoms with Gasteiger partial charge in [0.15, 0.2) is 0 Å².